The first kappa shape index (κ1) is 29.0. The maximum atomic E-state index is 11.4. The van der Waals surface area contributed by atoms with Crippen LogP contribution in [0.15, 0.2) is 60.8 Å². The molecule has 6 nitrogen and oxygen atoms in total. The van der Waals surface area contributed by atoms with E-state index in [2.05, 4.69) is 0 Å². The zero-order chi connectivity index (χ0) is 23.2. The van der Waals surface area contributed by atoms with Crippen molar-refractivity contribution in [3.05, 3.63) is 60.8 Å². The minimum Gasteiger partial charge on any atom is -0.463 e. The van der Waals surface area contributed by atoms with Gasteiger partial charge >= 0.3 is 5.97 Å². The smallest absolute Gasteiger partial charge is 0.305 e. The fraction of sp³-hybridized carbons (Fsp3) is 0.560. The predicted molar refractivity (Wildman–Crippen MR) is 124 cm³/mol. The summed E-state index contributed by atoms with van der Waals surface area (Å²) in [4.78, 5) is 11.4. The maximum absolute atomic E-state index is 11.4. The van der Waals surface area contributed by atoms with Gasteiger partial charge in [0.1, 0.15) is 12.7 Å². The molecule has 0 aromatic heterocycles. The predicted octanol–water partition coefficient (Wildman–Crippen LogP) is 3.53. The molecule has 176 valence electrons. The minimum absolute atomic E-state index is 0.161. The molecule has 4 N–H and O–H groups in total. The van der Waals surface area contributed by atoms with Crippen molar-refractivity contribution in [3.63, 3.8) is 0 Å². The van der Waals surface area contributed by atoms with Crippen molar-refractivity contribution in [1.29, 1.82) is 0 Å². The van der Waals surface area contributed by atoms with Gasteiger partial charge in [-0.25, -0.2) is 0 Å². The van der Waals surface area contributed by atoms with E-state index in [1.165, 1.54) is 0 Å². The second-order valence-electron chi connectivity index (χ2n) is 7.23. The summed E-state index contributed by atoms with van der Waals surface area (Å²) in [6.45, 7) is 1.35. The Hall–Kier alpha value is -1.99. The Morgan fingerprint density at radius 3 is 2.29 bits per heavy atom. The first-order valence-corrected chi connectivity index (χ1v) is 11.1. The van der Waals surface area contributed by atoms with Crippen molar-refractivity contribution >= 4 is 5.97 Å². The van der Waals surface area contributed by atoms with Gasteiger partial charge < -0.3 is 25.2 Å². The Kier molecular flexibility index (Phi) is 19.9. The zero-order valence-electron chi connectivity index (χ0n) is 18.7. The lowest BCUT2D eigenvalue weighted by molar-refractivity contribution is -0.147. The van der Waals surface area contributed by atoms with E-state index in [9.17, 15) is 15.0 Å². The van der Waals surface area contributed by atoms with Gasteiger partial charge in [-0.15, -0.1) is 0 Å². The van der Waals surface area contributed by atoms with Gasteiger partial charge in [-0.3, -0.25) is 4.79 Å². The number of unbranched alkanes of at least 4 members (excludes halogenated alkanes) is 3. The Bertz CT molecular complexity index is 577. The van der Waals surface area contributed by atoms with E-state index < -0.39 is 18.8 Å². The molecule has 0 spiro atoms. The second kappa shape index (κ2) is 21.2. The van der Waals surface area contributed by atoms with Crippen LogP contribution in [0, 0.1) is 0 Å². The van der Waals surface area contributed by atoms with Crippen LogP contribution in [-0.2, 0) is 9.53 Å². The lowest BCUT2D eigenvalue weighted by atomic mass is 10.1. The summed E-state index contributed by atoms with van der Waals surface area (Å²) in [5.74, 6) is -0.353. The Morgan fingerprint density at radius 1 is 0.871 bits per heavy atom. The van der Waals surface area contributed by atoms with Gasteiger partial charge in [-0.1, -0.05) is 74.1 Å². The summed E-state index contributed by atoms with van der Waals surface area (Å²) in [5.41, 5.74) is 0. The Morgan fingerprint density at radius 2 is 1.58 bits per heavy atom. The SMILES string of the molecule is CCC(O)/C=C/C=C\C/C=C\CC(O)/C=C/C=C\CCCCCC(=O)OCC(O)CO. The molecule has 6 heteroatoms. The average Bonchev–Trinajstić information content (AvgIpc) is 2.77. The van der Waals surface area contributed by atoms with Crippen LogP contribution in [0.4, 0.5) is 0 Å². The summed E-state index contributed by atoms with van der Waals surface area (Å²) in [6.07, 6.45) is 22.9. The quantitative estimate of drug-likeness (QED) is 0.113. The normalized spacial score (nSPS) is 15.6. The van der Waals surface area contributed by atoms with Crippen LogP contribution < -0.4 is 0 Å². The van der Waals surface area contributed by atoms with Crippen molar-refractivity contribution in [2.75, 3.05) is 13.2 Å². The van der Waals surface area contributed by atoms with Crippen molar-refractivity contribution in [2.24, 2.45) is 0 Å². The molecule has 0 saturated carbocycles. The number of carbonyl (C=O) groups excluding carboxylic acids is 1. The molecule has 0 fully saturated rings. The number of ether oxygens (including phenoxy) is 1. The zero-order valence-corrected chi connectivity index (χ0v) is 18.7. The van der Waals surface area contributed by atoms with Crippen LogP contribution in [0.25, 0.3) is 0 Å². The topological polar surface area (TPSA) is 107 Å². The summed E-state index contributed by atoms with van der Waals surface area (Å²) >= 11 is 0. The molecule has 0 amide bonds. The number of esters is 1. The minimum atomic E-state index is -1.01. The summed E-state index contributed by atoms with van der Waals surface area (Å²) in [6, 6.07) is 0. The number of rotatable bonds is 18. The van der Waals surface area contributed by atoms with Crippen molar-refractivity contribution < 1.29 is 30.0 Å². The third-order valence-electron chi connectivity index (χ3n) is 4.29. The highest BCUT2D eigenvalue weighted by Gasteiger charge is 2.07. The molecule has 0 aromatic carbocycles. The van der Waals surface area contributed by atoms with Crippen LogP contribution in [0.5, 0.6) is 0 Å². The van der Waals surface area contributed by atoms with Gasteiger partial charge in [0.05, 0.1) is 18.8 Å². The first-order chi connectivity index (χ1) is 15.0. The van der Waals surface area contributed by atoms with Gasteiger partial charge in [0.2, 0.25) is 0 Å². The molecular weight excluding hydrogens is 396 g/mol. The van der Waals surface area contributed by atoms with Gasteiger partial charge in [0.25, 0.3) is 0 Å². The number of hydrogen-bond donors (Lipinski definition) is 4. The molecule has 3 unspecified atom stereocenters. The van der Waals surface area contributed by atoms with Crippen LogP contribution in [0.2, 0.25) is 0 Å². The molecule has 31 heavy (non-hydrogen) atoms. The number of aliphatic hydroxyl groups excluding tert-OH is 4. The summed E-state index contributed by atoms with van der Waals surface area (Å²) < 4.78 is 4.83. The van der Waals surface area contributed by atoms with Gasteiger partial charge in [-0.05, 0) is 38.5 Å². The molecule has 0 heterocycles. The highest BCUT2D eigenvalue weighted by atomic mass is 16.5. The molecule has 0 aliphatic heterocycles. The molecular formula is C25H40O6. The van der Waals surface area contributed by atoms with Crippen LogP contribution in [0.3, 0.4) is 0 Å². The Labute approximate surface area is 187 Å². The largest absolute Gasteiger partial charge is 0.463 e. The van der Waals surface area contributed by atoms with Crippen LogP contribution in [-0.4, -0.2) is 57.9 Å². The van der Waals surface area contributed by atoms with E-state index in [-0.39, 0.29) is 18.7 Å². The van der Waals surface area contributed by atoms with Crippen molar-refractivity contribution in [2.45, 2.75) is 76.6 Å². The second-order valence-corrected chi connectivity index (χ2v) is 7.23. The number of hydrogen-bond acceptors (Lipinski definition) is 6. The molecule has 0 radical (unpaired) electrons. The summed E-state index contributed by atoms with van der Waals surface area (Å²) in [5, 5.41) is 37.0. The standard InChI is InChI=1S/C25H40O6/c1-2-22(27)16-12-8-6-7-10-14-18-23(28)17-13-9-4-3-5-11-15-19-25(30)31-21-24(29)20-26/h4,6,8-10,12-14,16-17,22-24,26-29H,2-3,5,7,11,15,18-21H2,1H3/b8-6-,9-4-,14-10-,16-12+,17-13+. The van der Waals surface area contributed by atoms with Crippen LogP contribution >= 0.6 is 0 Å². The highest BCUT2D eigenvalue weighted by Crippen LogP contribution is 2.05. The van der Waals surface area contributed by atoms with E-state index in [1.54, 1.807) is 12.2 Å². The van der Waals surface area contributed by atoms with E-state index >= 15 is 0 Å². The first-order valence-electron chi connectivity index (χ1n) is 11.1. The van der Waals surface area contributed by atoms with E-state index in [0.29, 0.717) is 19.3 Å². The van der Waals surface area contributed by atoms with Gasteiger partial charge in [0.15, 0.2) is 0 Å². The highest BCUT2D eigenvalue weighted by molar-refractivity contribution is 5.69. The van der Waals surface area contributed by atoms with E-state index in [4.69, 9.17) is 14.9 Å². The molecule has 3 atom stereocenters. The average molecular weight is 437 g/mol. The number of carbonyl (C=O) groups is 1. The fourth-order valence-corrected chi connectivity index (χ4v) is 2.36. The van der Waals surface area contributed by atoms with Crippen LogP contribution in [0.1, 0.15) is 58.3 Å². The Balaban J connectivity index is 3.70. The molecule has 0 aliphatic rings. The molecule has 0 rings (SSSR count). The maximum Gasteiger partial charge on any atom is 0.305 e. The lowest BCUT2D eigenvalue weighted by Gasteiger charge is -2.08. The van der Waals surface area contributed by atoms with Gasteiger partial charge in [-0.2, -0.15) is 0 Å². The molecule has 0 bridgehead atoms. The van der Waals surface area contributed by atoms with Crippen molar-refractivity contribution in [3.8, 4) is 0 Å². The monoisotopic (exact) mass is 436 g/mol. The van der Waals surface area contributed by atoms with Crippen molar-refractivity contribution in [1.82, 2.24) is 0 Å². The third-order valence-corrected chi connectivity index (χ3v) is 4.29. The fourth-order valence-electron chi connectivity index (χ4n) is 2.36. The summed E-state index contributed by atoms with van der Waals surface area (Å²) in [7, 11) is 0. The molecule has 0 saturated heterocycles. The third kappa shape index (κ3) is 21.0. The molecule has 0 aromatic rings. The van der Waals surface area contributed by atoms with Gasteiger partial charge in [0, 0.05) is 6.42 Å². The molecule has 0 aliphatic carbocycles. The van der Waals surface area contributed by atoms with E-state index in [0.717, 1.165) is 32.1 Å². The number of allylic oxidation sites excluding steroid dienone is 7. The van der Waals surface area contributed by atoms with E-state index in [1.807, 2.05) is 55.5 Å². The lowest BCUT2D eigenvalue weighted by Crippen LogP contribution is -2.21. The number of aliphatic hydroxyl groups is 4.